The summed E-state index contributed by atoms with van der Waals surface area (Å²) < 4.78 is 36.4. The Morgan fingerprint density at radius 2 is 1.95 bits per heavy atom. The number of carbonyl (C=O) groups excluding carboxylic acids is 1. The zero-order valence-electron chi connectivity index (χ0n) is 9.48. The molecule has 0 aliphatic carbocycles. The molecule has 1 rings (SSSR count). The summed E-state index contributed by atoms with van der Waals surface area (Å²) in [6.45, 7) is 0. The van der Waals surface area contributed by atoms with E-state index in [1.807, 2.05) is 0 Å². The second kappa shape index (κ2) is 6.46. The summed E-state index contributed by atoms with van der Waals surface area (Å²) in [5, 5.41) is 11.0. The normalized spacial score (nSPS) is 12.8. The van der Waals surface area contributed by atoms with E-state index >= 15 is 0 Å². The van der Waals surface area contributed by atoms with Crippen LogP contribution in [0.1, 0.15) is 18.0 Å². The highest BCUT2D eigenvalue weighted by Crippen LogP contribution is 2.37. The number of carboxylic acid groups (broad SMARTS) is 1. The van der Waals surface area contributed by atoms with Crippen molar-refractivity contribution in [3.05, 3.63) is 29.8 Å². The molecule has 0 aliphatic heterocycles. The van der Waals surface area contributed by atoms with E-state index < -0.39 is 17.5 Å². The minimum Gasteiger partial charge on any atom is -0.481 e. The molecule has 4 nitrogen and oxygen atoms in total. The second-order valence-electron chi connectivity index (χ2n) is 3.55. The maximum atomic E-state index is 12.1. The molecule has 0 saturated carbocycles. The highest BCUT2D eigenvalue weighted by molar-refractivity contribution is 8.00. The summed E-state index contributed by atoms with van der Waals surface area (Å²) in [5.74, 6) is -1.12. The maximum Gasteiger partial charge on any atom is 0.446 e. The van der Waals surface area contributed by atoms with Gasteiger partial charge in [0.25, 0.3) is 0 Å². The molecule has 0 bridgehead atoms. The molecular formula is C11H10F3NO3S. The summed E-state index contributed by atoms with van der Waals surface area (Å²) in [5.41, 5.74) is -3.94. The lowest BCUT2D eigenvalue weighted by Gasteiger charge is -2.14. The quantitative estimate of drug-likeness (QED) is 0.625. The van der Waals surface area contributed by atoms with Crippen molar-refractivity contribution >= 4 is 24.1 Å². The third-order valence-corrected chi connectivity index (χ3v) is 2.90. The van der Waals surface area contributed by atoms with Crippen LogP contribution in [-0.4, -0.2) is 23.0 Å². The Kier molecular flexibility index (Phi) is 5.22. The van der Waals surface area contributed by atoms with Gasteiger partial charge in [-0.15, -0.1) is 0 Å². The van der Waals surface area contributed by atoms with Crippen LogP contribution in [0.2, 0.25) is 0 Å². The molecule has 19 heavy (non-hydrogen) atoms. The van der Waals surface area contributed by atoms with E-state index in [0.29, 0.717) is 12.0 Å². The Hall–Kier alpha value is -1.70. The smallest absolute Gasteiger partial charge is 0.446 e. The van der Waals surface area contributed by atoms with Gasteiger partial charge in [0.1, 0.15) is 0 Å². The molecule has 0 heterocycles. The van der Waals surface area contributed by atoms with Crippen LogP contribution < -0.4 is 5.32 Å². The molecule has 1 aromatic carbocycles. The first-order valence-electron chi connectivity index (χ1n) is 5.09. The van der Waals surface area contributed by atoms with Crippen LogP contribution in [0, 0.1) is 0 Å². The van der Waals surface area contributed by atoms with Gasteiger partial charge in [-0.3, -0.25) is 9.59 Å². The van der Waals surface area contributed by atoms with Crippen molar-refractivity contribution in [2.75, 3.05) is 0 Å². The average Bonchev–Trinajstić information content (AvgIpc) is 2.27. The van der Waals surface area contributed by atoms with Gasteiger partial charge in [0.15, 0.2) is 0 Å². The lowest BCUT2D eigenvalue weighted by Crippen LogP contribution is -2.22. The van der Waals surface area contributed by atoms with Crippen molar-refractivity contribution in [3.63, 3.8) is 0 Å². The van der Waals surface area contributed by atoms with Gasteiger partial charge in [-0.25, -0.2) is 0 Å². The zero-order valence-corrected chi connectivity index (χ0v) is 10.3. The lowest BCUT2D eigenvalue weighted by molar-refractivity contribution is -0.137. The minimum absolute atomic E-state index is 0.00331. The van der Waals surface area contributed by atoms with Gasteiger partial charge in [0, 0.05) is 4.90 Å². The largest absolute Gasteiger partial charge is 0.481 e. The van der Waals surface area contributed by atoms with Crippen LogP contribution in [-0.2, 0) is 9.59 Å². The Morgan fingerprint density at radius 3 is 2.37 bits per heavy atom. The fourth-order valence-corrected chi connectivity index (χ4v) is 1.97. The molecule has 0 fully saturated rings. The number of alkyl halides is 3. The van der Waals surface area contributed by atoms with Crippen LogP contribution >= 0.6 is 11.8 Å². The summed E-state index contributed by atoms with van der Waals surface area (Å²) in [4.78, 5) is 21.0. The predicted octanol–water partition coefficient (Wildman–Crippen LogP) is 2.56. The van der Waals surface area contributed by atoms with E-state index in [0.717, 1.165) is 0 Å². The van der Waals surface area contributed by atoms with E-state index in [4.69, 9.17) is 5.11 Å². The molecule has 2 N–H and O–H groups in total. The van der Waals surface area contributed by atoms with Gasteiger partial charge in [-0.1, -0.05) is 12.1 Å². The van der Waals surface area contributed by atoms with Crippen LogP contribution in [0.25, 0.3) is 0 Å². The number of carboxylic acids is 1. The molecule has 1 amide bonds. The molecule has 0 saturated heterocycles. The van der Waals surface area contributed by atoms with Crippen LogP contribution in [0.5, 0.6) is 0 Å². The number of rotatable bonds is 6. The van der Waals surface area contributed by atoms with Gasteiger partial charge in [0.2, 0.25) is 6.41 Å². The number of carbonyl (C=O) groups is 2. The van der Waals surface area contributed by atoms with Crippen molar-refractivity contribution in [1.29, 1.82) is 0 Å². The molecule has 0 aliphatic rings. The molecule has 0 unspecified atom stereocenters. The molecule has 0 radical (unpaired) electrons. The number of benzene rings is 1. The van der Waals surface area contributed by atoms with Crippen molar-refractivity contribution < 1.29 is 27.9 Å². The predicted molar refractivity (Wildman–Crippen MR) is 62.5 cm³/mol. The first-order chi connectivity index (χ1) is 8.81. The maximum absolute atomic E-state index is 12.1. The van der Waals surface area contributed by atoms with Crippen molar-refractivity contribution in [3.8, 4) is 0 Å². The summed E-state index contributed by atoms with van der Waals surface area (Å²) in [7, 11) is 0. The van der Waals surface area contributed by atoms with Crippen LogP contribution in [0.4, 0.5) is 13.2 Å². The van der Waals surface area contributed by atoms with Gasteiger partial charge in [-0.2, -0.15) is 13.2 Å². The SMILES string of the molecule is O=CN[C@@H](CC(=O)O)c1ccc(SC(F)(F)F)cc1. The number of halogens is 3. The Bertz CT molecular complexity index is 447. The van der Waals surface area contributed by atoms with E-state index in [1.165, 1.54) is 24.3 Å². The molecular weight excluding hydrogens is 283 g/mol. The van der Waals surface area contributed by atoms with E-state index in [1.54, 1.807) is 0 Å². The van der Waals surface area contributed by atoms with Gasteiger partial charge in [-0.05, 0) is 29.5 Å². The van der Waals surface area contributed by atoms with E-state index in [9.17, 15) is 22.8 Å². The summed E-state index contributed by atoms with van der Waals surface area (Å²) >= 11 is -0.258. The monoisotopic (exact) mass is 293 g/mol. The third-order valence-electron chi connectivity index (χ3n) is 2.16. The Morgan fingerprint density at radius 1 is 1.37 bits per heavy atom. The number of thioether (sulfide) groups is 1. The van der Waals surface area contributed by atoms with Crippen molar-refractivity contribution in [2.24, 2.45) is 0 Å². The summed E-state index contributed by atoms with van der Waals surface area (Å²) in [6.07, 6.45) is 0.0104. The van der Waals surface area contributed by atoms with Gasteiger partial charge in [0.05, 0.1) is 12.5 Å². The van der Waals surface area contributed by atoms with Crippen LogP contribution in [0.3, 0.4) is 0 Å². The van der Waals surface area contributed by atoms with Crippen molar-refractivity contribution in [2.45, 2.75) is 22.9 Å². The molecule has 1 aromatic rings. The van der Waals surface area contributed by atoms with E-state index in [-0.39, 0.29) is 23.1 Å². The second-order valence-corrected chi connectivity index (χ2v) is 4.69. The molecule has 104 valence electrons. The molecule has 0 aromatic heterocycles. The van der Waals surface area contributed by atoms with Gasteiger partial charge < -0.3 is 10.4 Å². The zero-order chi connectivity index (χ0) is 14.5. The van der Waals surface area contributed by atoms with Crippen LogP contribution in [0.15, 0.2) is 29.2 Å². The first kappa shape index (κ1) is 15.4. The summed E-state index contributed by atoms with van der Waals surface area (Å²) in [6, 6.07) is 4.42. The molecule has 0 spiro atoms. The first-order valence-corrected chi connectivity index (χ1v) is 5.90. The fraction of sp³-hybridized carbons (Fsp3) is 0.273. The topological polar surface area (TPSA) is 66.4 Å². The Labute approximate surface area is 111 Å². The standard InChI is InChI=1S/C11H10F3NO3S/c12-11(13,14)19-8-3-1-7(2-4-8)9(15-6-16)5-10(17)18/h1-4,6,9H,5H2,(H,15,16)(H,17,18)/t9-/m0/s1. The Balaban J connectivity index is 2.82. The molecule has 1 atom stereocenters. The third kappa shape index (κ3) is 5.64. The number of aliphatic carboxylic acids is 1. The lowest BCUT2D eigenvalue weighted by atomic mass is 10.0. The van der Waals surface area contributed by atoms with Crippen molar-refractivity contribution in [1.82, 2.24) is 5.32 Å². The number of amides is 1. The molecule has 8 heteroatoms. The number of hydrogen-bond donors (Lipinski definition) is 2. The highest BCUT2D eigenvalue weighted by Gasteiger charge is 2.29. The number of nitrogens with one attached hydrogen (secondary N) is 1. The fourth-order valence-electron chi connectivity index (χ4n) is 1.43. The van der Waals surface area contributed by atoms with Gasteiger partial charge >= 0.3 is 11.5 Å². The average molecular weight is 293 g/mol. The number of hydrogen-bond acceptors (Lipinski definition) is 3. The highest BCUT2D eigenvalue weighted by atomic mass is 32.2. The van der Waals surface area contributed by atoms with E-state index in [2.05, 4.69) is 5.32 Å². The minimum atomic E-state index is -4.37.